The molecule has 1 aliphatic rings. The third kappa shape index (κ3) is 2.70. The summed E-state index contributed by atoms with van der Waals surface area (Å²) in [6.45, 7) is 5.73. The summed E-state index contributed by atoms with van der Waals surface area (Å²) in [5, 5.41) is 4.02. The van der Waals surface area contributed by atoms with E-state index in [1.54, 1.807) is 0 Å². The van der Waals surface area contributed by atoms with Gasteiger partial charge in [-0.2, -0.15) is 0 Å². The number of halogens is 1. The number of benzene rings is 1. The fourth-order valence-electron chi connectivity index (χ4n) is 2.34. The van der Waals surface area contributed by atoms with Crippen molar-refractivity contribution in [3.05, 3.63) is 33.8 Å². The van der Waals surface area contributed by atoms with Crippen molar-refractivity contribution in [2.75, 3.05) is 13.1 Å². The van der Waals surface area contributed by atoms with Crippen LogP contribution in [-0.4, -0.2) is 18.9 Å². The van der Waals surface area contributed by atoms with E-state index >= 15 is 0 Å². The fraction of sp³-hybridized carbons (Fsp3) is 0.500. The zero-order valence-corrected chi connectivity index (χ0v) is 11.1. The number of carbonyl (C=O) groups excluding carboxylic acids is 1. The molecule has 0 aliphatic carbocycles. The molecule has 1 saturated heterocycles. The molecule has 1 aromatic rings. The number of hydrogen-bond donors (Lipinski definition) is 1. The first kappa shape index (κ1) is 12.6. The monoisotopic (exact) mass is 251 g/mol. The van der Waals surface area contributed by atoms with E-state index in [1.165, 1.54) is 0 Å². The van der Waals surface area contributed by atoms with Crippen LogP contribution in [0.25, 0.3) is 0 Å². The number of Topliss-reactive ketones (excluding diaryl/α,β-unsaturated/α-hetero) is 1. The van der Waals surface area contributed by atoms with Crippen LogP contribution in [-0.2, 0) is 0 Å². The Morgan fingerprint density at radius 2 is 2.12 bits per heavy atom. The molecule has 2 rings (SSSR count). The Morgan fingerprint density at radius 1 is 1.35 bits per heavy atom. The molecule has 3 heteroatoms. The van der Waals surface area contributed by atoms with Crippen LogP contribution in [0, 0.1) is 19.8 Å². The zero-order chi connectivity index (χ0) is 12.4. The van der Waals surface area contributed by atoms with Crippen molar-refractivity contribution in [3.8, 4) is 0 Å². The third-order valence-corrected chi connectivity index (χ3v) is 3.85. The number of ketones is 1. The lowest BCUT2D eigenvalue weighted by molar-refractivity contribution is 0.0899. The summed E-state index contributed by atoms with van der Waals surface area (Å²) < 4.78 is 0. The second kappa shape index (κ2) is 5.19. The highest BCUT2D eigenvalue weighted by atomic mass is 35.5. The van der Waals surface area contributed by atoms with E-state index in [-0.39, 0.29) is 11.7 Å². The van der Waals surface area contributed by atoms with Crippen molar-refractivity contribution in [3.63, 3.8) is 0 Å². The Kier molecular flexibility index (Phi) is 3.85. The van der Waals surface area contributed by atoms with Gasteiger partial charge in [0.05, 0.1) is 0 Å². The number of aryl methyl sites for hydroxylation is 2. The molecule has 17 heavy (non-hydrogen) atoms. The minimum atomic E-state index is 0.128. The summed E-state index contributed by atoms with van der Waals surface area (Å²) in [5.74, 6) is 0.387. The van der Waals surface area contributed by atoms with E-state index < -0.39 is 0 Å². The SMILES string of the molecule is Cc1cc(C(=O)C2CCCNC2)c(C)cc1Cl. The first-order valence-electron chi connectivity index (χ1n) is 6.11. The molecule has 0 saturated carbocycles. The predicted molar refractivity (Wildman–Crippen MR) is 70.9 cm³/mol. The second-order valence-electron chi connectivity index (χ2n) is 4.82. The molecule has 1 aromatic carbocycles. The van der Waals surface area contributed by atoms with Gasteiger partial charge in [0.2, 0.25) is 0 Å². The third-order valence-electron chi connectivity index (χ3n) is 3.44. The van der Waals surface area contributed by atoms with Crippen molar-refractivity contribution < 1.29 is 4.79 Å². The number of piperidine rings is 1. The van der Waals surface area contributed by atoms with Crippen molar-refractivity contribution >= 4 is 17.4 Å². The van der Waals surface area contributed by atoms with Crippen LogP contribution in [0.5, 0.6) is 0 Å². The Bertz CT molecular complexity index is 436. The van der Waals surface area contributed by atoms with Crippen molar-refractivity contribution in [1.29, 1.82) is 0 Å². The van der Waals surface area contributed by atoms with Gasteiger partial charge in [0, 0.05) is 23.0 Å². The molecule has 0 spiro atoms. The van der Waals surface area contributed by atoms with Crippen molar-refractivity contribution in [2.24, 2.45) is 5.92 Å². The van der Waals surface area contributed by atoms with Crippen LogP contribution in [0.4, 0.5) is 0 Å². The van der Waals surface area contributed by atoms with Crippen LogP contribution in [0.2, 0.25) is 5.02 Å². The Balaban J connectivity index is 2.26. The second-order valence-corrected chi connectivity index (χ2v) is 5.23. The van der Waals surface area contributed by atoms with Gasteiger partial charge in [0.1, 0.15) is 0 Å². The maximum atomic E-state index is 12.4. The van der Waals surface area contributed by atoms with Gasteiger partial charge in [-0.3, -0.25) is 4.79 Å². The minimum Gasteiger partial charge on any atom is -0.316 e. The molecule has 1 atom stereocenters. The maximum Gasteiger partial charge on any atom is 0.167 e. The molecule has 1 fully saturated rings. The molecule has 0 aromatic heterocycles. The smallest absolute Gasteiger partial charge is 0.167 e. The number of rotatable bonds is 2. The van der Waals surface area contributed by atoms with Gasteiger partial charge in [-0.15, -0.1) is 0 Å². The normalized spacial score (nSPS) is 20.3. The Labute approximate surface area is 107 Å². The molecule has 1 unspecified atom stereocenters. The van der Waals surface area contributed by atoms with Gasteiger partial charge < -0.3 is 5.32 Å². The number of carbonyl (C=O) groups is 1. The summed E-state index contributed by atoms with van der Waals surface area (Å²) in [5.41, 5.74) is 2.79. The Hall–Kier alpha value is -0.860. The molecular formula is C14H18ClNO. The highest BCUT2D eigenvalue weighted by Crippen LogP contribution is 2.24. The number of nitrogens with one attached hydrogen (secondary N) is 1. The van der Waals surface area contributed by atoms with Gasteiger partial charge >= 0.3 is 0 Å². The summed E-state index contributed by atoms with van der Waals surface area (Å²) in [6.07, 6.45) is 2.08. The standard InChI is InChI=1S/C14H18ClNO/c1-9-7-13(15)10(2)6-12(9)14(17)11-4-3-5-16-8-11/h6-7,11,16H,3-5,8H2,1-2H3. The minimum absolute atomic E-state index is 0.128. The molecule has 1 aliphatic heterocycles. The highest BCUT2D eigenvalue weighted by molar-refractivity contribution is 6.31. The molecule has 0 bridgehead atoms. The van der Waals surface area contributed by atoms with E-state index in [2.05, 4.69) is 5.32 Å². The quantitative estimate of drug-likeness (QED) is 0.819. The largest absolute Gasteiger partial charge is 0.316 e. The molecular weight excluding hydrogens is 234 g/mol. The van der Waals surface area contributed by atoms with Gasteiger partial charge in [-0.25, -0.2) is 0 Å². The lowest BCUT2D eigenvalue weighted by Crippen LogP contribution is -2.34. The zero-order valence-electron chi connectivity index (χ0n) is 10.3. The molecule has 2 nitrogen and oxygen atoms in total. The average molecular weight is 252 g/mol. The predicted octanol–water partition coefficient (Wildman–Crippen LogP) is 3.14. The first-order chi connectivity index (χ1) is 8.09. The van der Waals surface area contributed by atoms with E-state index in [9.17, 15) is 4.79 Å². The molecule has 1 heterocycles. The van der Waals surface area contributed by atoms with Gasteiger partial charge in [0.25, 0.3) is 0 Å². The Morgan fingerprint density at radius 3 is 2.76 bits per heavy atom. The lowest BCUT2D eigenvalue weighted by atomic mass is 9.88. The lowest BCUT2D eigenvalue weighted by Gasteiger charge is -2.22. The van der Waals surface area contributed by atoms with E-state index in [1.807, 2.05) is 26.0 Å². The van der Waals surface area contributed by atoms with Crippen LogP contribution in [0.15, 0.2) is 12.1 Å². The van der Waals surface area contributed by atoms with Crippen LogP contribution < -0.4 is 5.32 Å². The van der Waals surface area contributed by atoms with Crippen molar-refractivity contribution in [2.45, 2.75) is 26.7 Å². The summed E-state index contributed by atoms with van der Waals surface area (Å²) in [6, 6.07) is 3.81. The van der Waals surface area contributed by atoms with Crippen LogP contribution in [0.1, 0.15) is 34.3 Å². The maximum absolute atomic E-state index is 12.4. The summed E-state index contributed by atoms with van der Waals surface area (Å²) >= 11 is 6.05. The van der Waals surface area contributed by atoms with Gasteiger partial charge in [-0.1, -0.05) is 11.6 Å². The summed E-state index contributed by atoms with van der Waals surface area (Å²) in [4.78, 5) is 12.4. The number of hydrogen-bond acceptors (Lipinski definition) is 2. The first-order valence-corrected chi connectivity index (χ1v) is 6.49. The average Bonchev–Trinajstić information content (AvgIpc) is 2.34. The van der Waals surface area contributed by atoms with Crippen LogP contribution in [0.3, 0.4) is 0 Å². The summed E-state index contributed by atoms with van der Waals surface area (Å²) in [7, 11) is 0. The highest BCUT2D eigenvalue weighted by Gasteiger charge is 2.23. The molecule has 0 amide bonds. The molecule has 92 valence electrons. The van der Waals surface area contributed by atoms with E-state index in [4.69, 9.17) is 11.6 Å². The van der Waals surface area contributed by atoms with Gasteiger partial charge in [0.15, 0.2) is 5.78 Å². The van der Waals surface area contributed by atoms with Gasteiger partial charge in [-0.05, 0) is 56.5 Å². The van der Waals surface area contributed by atoms with Crippen LogP contribution >= 0.6 is 11.6 Å². The van der Waals surface area contributed by atoms with E-state index in [0.29, 0.717) is 0 Å². The van der Waals surface area contributed by atoms with Crippen molar-refractivity contribution in [1.82, 2.24) is 5.32 Å². The fourth-order valence-corrected chi connectivity index (χ4v) is 2.56. The topological polar surface area (TPSA) is 29.1 Å². The van der Waals surface area contributed by atoms with E-state index in [0.717, 1.165) is 47.6 Å². The molecule has 0 radical (unpaired) electrons. The molecule has 1 N–H and O–H groups in total.